The highest BCUT2D eigenvalue weighted by atomic mass is 16.2. The second kappa shape index (κ2) is 10.5. The Morgan fingerprint density at radius 1 is 1.08 bits per heavy atom. The van der Waals surface area contributed by atoms with Crippen LogP contribution >= 0.6 is 0 Å². The number of hydrogen-bond acceptors (Lipinski definition) is 7. The van der Waals surface area contributed by atoms with E-state index in [2.05, 4.69) is 45.4 Å². The van der Waals surface area contributed by atoms with Gasteiger partial charge in [-0.05, 0) is 54.8 Å². The quantitative estimate of drug-likeness (QED) is 0.586. The van der Waals surface area contributed by atoms with Gasteiger partial charge in [-0.15, -0.1) is 0 Å². The number of anilines is 4. The van der Waals surface area contributed by atoms with Crippen LogP contribution in [-0.4, -0.2) is 77.4 Å². The maximum absolute atomic E-state index is 11.7. The Labute approximate surface area is 217 Å². The summed E-state index contributed by atoms with van der Waals surface area (Å²) in [6.07, 6.45) is 8.13. The van der Waals surface area contributed by atoms with E-state index in [9.17, 15) is 9.59 Å². The molecule has 0 bridgehead atoms. The summed E-state index contributed by atoms with van der Waals surface area (Å²) in [6, 6.07) is 8.22. The zero-order valence-corrected chi connectivity index (χ0v) is 21.3. The third-order valence-electron chi connectivity index (χ3n) is 7.27. The van der Waals surface area contributed by atoms with Crippen molar-refractivity contribution in [2.45, 2.75) is 13.3 Å². The minimum Gasteiger partial charge on any atom is -0.368 e. The molecule has 2 saturated heterocycles. The lowest BCUT2D eigenvalue weighted by Gasteiger charge is -2.40. The molecule has 2 amide bonds. The largest absolute Gasteiger partial charge is 0.368 e. The summed E-state index contributed by atoms with van der Waals surface area (Å²) in [5.41, 5.74) is 3.89. The van der Waals surface area contributed by atoms with E-state index in [1.807, 2.05) is 40.3 Å². The average molecular weight is 500 g/mol. The first kappa shape index (κ1) is 24.5. The van der Waals surface area contributed by atoms with Crippen molar-refractivity contribution in [1.29, 1.82) is 0 Å². The van der Waals surface area contributed by atoms with Gasteiger partial charge in [0.1, 0.15) is 5.82 Å². The van der Waals surface area contributed by atoms with Gasteiger partial charge in [-0.3, -0.25) is 9.59 Å². The van der Waals surface area contributed by atoms with E-state index in [1.54, 1.807) is 6.92 Å². The molecule has 0 atom stereocenters. The van der Waals surface area contributed by atoms with Gasteiger partial charge in [0.2, 0.25) is 17.8 Å². The average Bonchev–Trinajstić information content (AvgIpc) is 2.89. The fraction of sp³-hybridized carbons (Fsp3) is 0.357. The summed E-state index contributed by atoms with van der Waals surface area (Å²) in [4.78, 5) is 40.8. The van der Waals surface area contributed by atoms with Gasteiger partial charge >= 0.3 is 0 Å². The van der Waals surface area contributed by atoms with E-state index in [4.69, 9.17) is 4.98 Å². The SMILES string of the molecule is C=CC(=O)N1CC(CCN2C(=C)C=Cc3cnc(Nc4ccc(N5CCN(C(C)=O)CC5)cc4)nc32)C1. The first-order valence-corrected chi connectivity index (χ1v) is 12.7. The zero-order valence-electron chi connectivity index (χ0n) is 21.3. The lowest BCUT2D eigenvalue weighted by Crippen LogP contribution is -2.50. The van der Waals surface area contributed by atoms with Crippen LogP contribution in [0.4, 0.5) is 23.1 Å². The second-order valence-electron chi connectivity index (χ2n) is 9.72. The Bertz CT molecular complexity index is 1230. The molecule has 9 heteroatoms. The molecule has 192 valence electrons. The Balaban J connectivity index is 1.21. The summed E-state index contributed by atoms with van der Waals surface area (Å²) in [7, 11) is 0. The number of benzene rings is 1. The van der Waals surface area contributed by atoms with Crippen molar-refractivity contribution in [2.24, 2.45) is 5.92 Å². The smallest absolute Gasteiger partial charge is 0.245 e. The van der Waals surface area contributed by atoms with Crippen molar-refractivity contribution < 1.29 is 9.59 Å². The highest BCUT2D eigenvalue weighted by Gasteiger charge is 2.30. The van der Waals surface area contributed by atoms with Crippen molar-refractivity contribution in [2.75, 3.05) is 60.9 Å². The minimum absolute atomic E-state index is 0.000967. The van der Waals surface area contributed by atoms with Gasteiger partial charge in [-0.2, -0.15) is 4.98 Å². The number of allylic oxidation sites excluding steroid dienone is 1. The van der Waals surface area contributed by atoms with Gasteiger partial charge in [-0.1, -0.05) is 13.2 Å². The van der Waals surface area contributed by atoms with Crippen LogP contribution in [0.3, 0.4) is 0 Å². The molecule has 2 fully saturated rings. The molecule has 0 aliphatic carbocycles. The molecule has 5 rings (SSSR count). The highest BCUT2D eigenvalue weighted by Crippen LogP contribution is 2.31. The molecule has 0 spiro atoms. The van der Waals surface area contributed by atoms with E-state index < -0.39 is 0 Å². The van der Waals surface area contributed by atoms with Crippen molar-refractivity contribution in [1.82, 2.24) is 19.8 Å². The number of nitrogens with zero attached hydrogens (tertiary/aromatic N) is 6. The van der Waals surface area contributed by atoms with E-state index in [0.717, 1.165) is 80.7 Å². The number of aromatic nitrogens is 2. The van der Waals surface area contributed by atoms with E-state index in [1.165, 1.54) is 6.08 Å². The summed E-state index contributed by atoms with van der Waals surface area (Å²) < 4.78 is 0. The lowest BCUT2D eigenvalue weighted by molar-refractivity contribution is -0.132. The number of hydrogen-bond donors (Lipinski definition) is 1. The predicted octanol–water partition coefficient (Wildman–Crippen LogP) is 3.27. The second-order valence-corrected chi connectivity index (χ2v) is 9.72. The molecule has 0 saturated carbocycles. The Morgan fingerprint density at radius 2 is 1.81 bits per heavy atom. The maximum atomic E-state index is 11.7. The first-order chi connectivity index (χ1) is 17.9. The van der Waals surface area contributed by atoms with Crippen LogP contribution in [0.2, 0.25) is 0 Å². The molecule has 1 aromatic heterocycles. The molecule has 1 N–H and O–H groups in total. The van der Waals surface area contributed by atoms with Gasteiger partial charge in [-0.25, -0.2) is 4.98 Å². The molecule has 3 aliphatic heterocycles. The fourth-order valence-electron chi connectivity index (χ4n) is 4.98. The monoisotopic (exact) mass is 499 g/mol. The Kier molecular flexibility index (Phi) is 6.94. The number of carbonyl (C=O) groups is 2. The van der Waals surface area contributed by atoms with E-state index in [-0.39, 0.29) is 11.8 Å². The van der Waals surface area contributed by atoms with Crippen molar-refractivity contribution >= 4 is 41.0 Å². The summed E-state index contributed by atoms with van der Waals surface area (Å²) in [5.74, 6) is 1.97. The molecule has 0 unspecified atom stereocenters. The van der Waals surface area contributed by atoms with Gasteiger partial charge in [0.05, 0.1) is 0 Å². The van der Waals surface area contributed by atoms with Crippen molar-refractivity contribution in [3.8, 4) is 0 Å². The molecule has 4 heterocycles. The fourth-order valence-corrected chi connectivity index (χ4v) is 4.98. The van der Waals surface area contributed by atoms with Gasteiger partial charge in [0.15, 0.2) is 0 Å². The van der Waals surface area contributed by atoms with Crippen LogP contribution in [0.15, 0.2) is 61.5 Å². The number of rotatable bonds is 7. The van der Waals surface area contributed by atoms with Crippen molar-refractivity contribution in [3.05, 3.63) is 67.0 Å². The summed E-state index contributed by atoms with van der Waals surface area (Å²) in [5, 5.41) is 3.33. The number of amides is 2. The third kappa shape index (κ3) is 5.35. The molecule has 0 radical (unpaired) electrons. The van der Waals surface area contributed by atoms with Crippen LogP contribution in [-0.2, 0) is 9.59 Å². The number of carbonyl (C=O) groups excluding carboxylic acids is 2. The van der Waals surface area contributed by atoms with E-state index >= 15 is 0 Å². The standard InChI is InChI=1S/C28H33N7O2/c1-4-26(37)34-18-22(19-34)11-12-35-20(2)5-6-23-17-29-28(31-27(23)35)30-24-7-9-25(10-8-24)33-15-13-32(14-16-33)21(3)36/h4-10,17,22H,1-2,11-16,18-19H2,3H3,(H,29,30,31). The highest BCUT2D eigenvalue weighted by molar-refractivity contribution is 5.87. The number of nitrogens with one attached hydrogen (secondary N) is 1. The number of piperazine rings is 1. The topological polar surface area (TPSA) is 84.9 Å². The molecule has 9 nitrogen and oxygen atoms in total. The number of likely N-dealkylation sites (tertiary alicyclic amines) is 1. The Hall–Kier alpha value is -4.14. The first-order valence-electron chi connectivity index (χ1n) is 12.7. The zero-order chi connectivity index (χ0) is 25.9. The molecular formula is C28H33N7O2. The molecular weight excluding hydrogens is 466 g/mol. The summed E-state index contributed by atoms with van der Waals surface area (Å²) in [6.45, 7) is 14.9. The van der Waals surface area contributed by atoms with Crippen molar-refractivity contribution in [3.63, 3.8) is 0 Å². The van der Waals surface area contributed by atoms with Crippen LogP contribution in [0, 0.1) is 5.92 Å². The summed E-state index contributed by atoms with van der Waals surface area (Å²) >= 11 is 0. The van der Waals surface area contributed by atoms with Crippen LogP contribution < -0.4 is 15.1 Å². The Morgan fingerprint density at radius 3 is 2.49 bits per heavy atom. The lowest BCUT2D eigenvalue weighted by atomic mass is 9.95. The predicted molar refractivity (Wildman–Crippen MR) is 147 cm³/mol. The van der Waals surface area contributed by atoms with Crippen LogP contribution in [0.1, 0.15) is 18.9 Å². The van der Waals surface area contributed by atoms with E-state index in [0.29, 0.717) is 11.9 Å². The molecule has 1 aromatic carbocycles. The molecule has 37 heavy (non-hydrogen) atoms. The number of fused-ring (bicyclic) bond motifs is 1. The van der Waals surface area contributed by atoms with Crippen LogP contribution in [0.5, 0.6) is 0 Å². The maximum Gasteiger partial charge on any atom is 0.245 e. The third-order valence-corrected chi connectivity index (χ3v) is 7.27. The molecule has 2 aromatic rings. The molecule has 3 aliphatic rings. The van der Waals surface area contributed by atoms with Crippen LogP contribution in [0.25, 0.3) is 6.08 Å². The van der Waals surface area contributed by atoms with Gasteiger partial charge in [0.25, 0.3) is 0 Å². The van der Waals surface area contributed by atoms with Gasteiger partial charge in [0, 0.05) is 81.6 Å². The minimum atomic E-state index is -0.000967. The van der Waals surface area contributed by atoms with Gasteiger partial charge < -0.3 is 24.9 Å². The normalized spacial score (nSPS) is 17.4.